The number of aliphatic imine (C=N–C) groups is 1. The predicted molar refractivity (Wildman–Crippen MR) is 197 cm³/mol. The Kier molecular flexibility index (Phi) is 13.4. The van der Waals surface area contributed by atoms with Gasteiger partial charge in [-0.05, 0) is 75.3 Å². The second kappa shape index (κ2) is 18.3. The average Bonchev–Trinajstić information content (AvgIpc) is 3.13. The van der Waals surface area contributed by atoms with Crippen LogP contribution in [-0.2, 0) is 29.3 Å². The van der Waals surface area contributed by atoms with Crippen molar-refractivity contribution in [1.82, 2.24) is 14.9 Å². The third kappa shape index (κ3) is 10.8. The van der Waals surface area contributed by atoms with Crippen molar-refractivity contribution < 1.29 is 33.0 Å². The van der Waals surface area contributed by atoms with E-state index >= 15 is 0 Å². The Balaban J connectivity index is 1.44. The van der Waals surface area contributed by atoms with E-state index in [0.717, 1.165) is 35.5 Å². The Morgan fingerprint density at radius 1 is 0.906 bits per heavy atom. The smallest absolute Gasteiger partial charge is 0.320 e. The summed E-state index contributed by atoms with van der Waals surface area (Å²) in [6.07, 6.45) is 2.53. The van der Waals surface area contributed by atoms with Crippen LogP contribution in [0.1, 0.15) is 73.6 Å². The summed E-state index contributed by atoms with van der Waals surface area (Å²) < 4.78 is 40.7. The first-order chi connectivity index (χ1) is 25.5. The molecule has 1 atom stereocenters. The fourth-order valence-electron chi connectivity index (χ4n) is 6.45. The van der Waals surface area contributed by atoms with Crippen LogP contribution in [0.25, 0.3) is 0 Å². The van der Waals surface area contributed by atoms with E-state index in [1.165, 1.54) is 4.90 Å². The molecule has 3 N–H and O–H groups in total. The Labute approximate surface area is 308 Å². The van der Waals surface area contributed by atoms with Gasteiger partial charge in [-0.25, -0.2) is 8.78 Å². The number of aromatic nitrogens is 2. The van der Waals surface area contributed by atoms with Gasteiger partial charge in [0.05, 0.1) is 29.4 Å². The van der Waals surface area contributed by atoms with Gasteiger partial charge in [0.15, 0.2) is 0 Å². The van der Waals surface area contributed by atoms with Crippen molar-refractivity contribution in [1.29, 1.82) is 0 Å². The van der Waals surface area contributed by atoms with E-state index < -0.39 is 23.6 Å². The van der Waals surface area contributed by atoms with Crippen molar-refractivity contribution >= 4 is 17.4 Å². The van der Waals surface area contributed by atoms with Gasteiger partial charge < -0.3 is 25.2 Å². The normalized spacial score (nSPS) is 16.9. The van der Waals surface area contributed by atoms with Gasteiger partial charge in [0.25, 0.3) is 5.91 Å². The van der Waals surface area contributed by atoms with Crippen LogP contribution in [0, 0.1) is 24.5 Å². The number of halogens is 2. The van der Waals surface area contributed by atoms with Crippen LogP contribution in [-0.4, -0.2) is 50.0 Å². The molecule has 4 aromatic rings. The lowest BCUT2D eigenvalue weighted by molar-refractivity contribution is -0.128. The number of benzene rings is 3. The fraction of sp³-hybridized carbons (Fsp3) is 0.341. The van der Waals surface area contributed by atoms with Crippen LogP contribution in [0.4, 0.5) is 8.78 Å². The number of Topliss-reactive ketones (excluding diaryl/α,β-unsaturated/α-hetero) is 1. The number of rotatable bonds is 15. The number of nitrogens with zero attached hydrogens (tertiary/aromatic N) is 4. The van der Waals surface area contributed by atoms with Crippen LogP contribution >= 0.6 is 0 Å². The van der Waals surface area contributed by atoms with Crippen LogP contribution in [0.2, 0.25) is 0 Å². The molecule has 5 rings (SSSR count). The Bertz CT molecular complexity index is 1910. The van der Waals surface area contributed by atoms with Crippen LogP contribution in [0.3, 0.4) is 0 Å². The molecule has 1 heterocycles. The maximum atomic E-state index is 14.3. The second-order valence-electron chi connectivity index (χ2n) is 13.2. The third-order valence-corrected chi connectivity index (χ3v) is 9.25. The molecule has 278 valence electrons. The number of amides is 1. The molecule has 53 heavy (non-hydrogen) atoms. The molecule has 0 aliphatic heterocycles. The minimum atomic E-state index is -1.41. The molecule has 3 aromatic carbocycles. The highest BCUT2D eigenvalue weighted by atomic mass is 19.1. The molecule has 1 aliphatic rings. The molecule has 10 nitrogen and oxygen atoms in total. The SMILES string of the molecule is CC(=O)C1CCC(N=C(C)C(=CN)C(=O)N(Cc2cc(F)cc(F)c2)CC(O)c2c(C)nc(OCc3ccccc3)nc2OCc2ccccc2)CC1. The summed E-state index contributed by atoms with van der Waals surface area (Å²) in [5.74, 6) is -2.01. The molecular formula is C41H45F2N5O5. The summed E-state index contributed by atoms with van der Waals surface area (Å²) in [7, 11) is 0. The van der Waals surface area contributed by atoms with Gasteiger partial charge in [-0.1, -0.05) is 60.7 Å². The van der Waals surface area contributed by atoms with E-state index in [2.05, 4.69) is 9.97 Å². The molecule has 1 unspecified atom stereocenters. The zero-order chi connectivity index (χ0) is 37.9. The van der Waals surface area contributed by atoms with Crippen molar-refractivity contribution in [2.24, 2.45) is 16.6 Å². The molecular weight excluding hydrogens is 680 g/mol. The van der Waals surface area contributed by atoms with Crippen LogP contribution in [0.15, 0.2) is 95.6 Å². The van der Waals surface area contributed by atoms with E-state index in [-0.39, 0.29) is 72.6 Å². The summed E-state index contributed by atoms with van der Waals surface area (Å²) in [5.41, 5.74) is 8.93. The molecule has 12 heteroatoms. The molecule has 1 aliphatic carbocycles. The number of nitrogens with two attached hydrogens (primary N) is 1. The van der Waals surface area contributed by atoms with Crippen molar-refractivity contribution in [3.63, 3.8) is 0 Å². The van der Waals surface area contributed by atoms with E-state index in [9.17, 15) is 23.5 Å². The van der Waals surface area contributed by atoms with Gasteiger partial charge >= 0.3 is 6.01 Å². The Hall–Kier alpha value is -5.49. The van der Waals surface area contributed by atoms with Gasteiger partial charge in [-0.2, -0.15) is 9.97 Å². The van der Waals surface area contributed by atoms with Gasteiger partial charge in [-0.15, -0.1) is 0 Å². The van der Waals surface area contributed by atoms with Crippen LogP contribution in [0.5, 0.6) is 11.9 Å². The molecule has 0 saturated heterocycles. The van der Waals surface area contributed by atoms with E-state index in [4.69, 9.17) is 20.2 Å². The minimum Gasteiger partial charge on any atom is -0.472 e. The van der Waals surface area contributed by atoms with E-state index in [1.54, 1.807) is 20.8 Å². The number of aryl methyl sites for hydroxylation is 1. The molecule has 1 amide bonds. The molecule has 0 spiro atoms. The molecule has 0 radical (unpaired) electrons. The van der Waals surface area contributed by atoms with Crippen molar-refractivity contribution in [2.75, 3.05) is 6.54 Å². The largest absolute Gasteiger partial charge is 0.472 e. The van der Waals surface area contributed by atoms with Crippen LogP contribution < -0.4 is 15.2 Å². The maximum Gasteiger partial charge on any atom is 0.320 e. The molecule has 1 saturated carbocycles. The number of hydrogen-bond acceptors (Lipinski definition) is 9. The topological polar surface area (TPSA) is 140 Å². The highest BCUT2D eigenvalue weighted by Crippen LogP contribution is 2.31. The number of aliphatic hydroxyl groups is 1. The van der Waals surface area contributed by atoms with Gasteiger partial charge in [0.2, 0.25) is 5.88 Å². The third-order valence-electron chi connectivity index (χ3n) is 9.25. The lowest BCUT2D eigenvalue weighted by atomic mass is 9.84. The number of carbonyl (C=O) groups excluding carboxylic acids is 2. The first-order valence-electron chi connectivity index (χ1n) is 17.6. The summed E-state index contributed by atoms with van der Waals surface area (Å²) in [4.78, 5) is 41.2. The predicted octanol–water partition coefficient (Wildman–Crippen LogP) is 6.73. The second-order valence-corrected chi connectivity index (χ2v) is 13.2. The molecule has 1 aromatic heterocycles. The standard InChI is InChI=1S/C41H45F2N5O5/c1-26(45-35-16-14-32(15-17-35)28(3)49)36(21-44)40(51)48(22-31-18-33(42)20-34(43)19-31)23-37(50)38-27(2)46-41(53-25-30-12-8-5-9-13-30)47-39(38)52-24-29-10-6-4-7-11-29/h4-13,18-21,32,35,37,50H,14-17,22-25,44H2,1-3H3. The van der Waals surface area contributed by atoms with Gasteiger partial charge in [0.1, 0.15) is 36.7 Å². The number of aliphatic hydroxyl groups excluding tert-OH is 1. The lowest BCUT2D eigenvalue weighted by Gasteiger charge is -2.28. The van der Waals surface area contributed by atoms with Gasteiger partial charge in [-0.3, -0.25) is 14.6 Å². The van der Waals surface area contributed by atoms with Crippen molar-refractivity contribution in [2.45, 2.75) is 78.4 Å². The molecule has 1 fully saturated rings. The number of hydrogen-bond donors (Lipinski definition) is 2. The quantitative estimate of drug-likeness (QED) is 0.102. The first-order valence-corrected chi connectivity index (χ1v) is 17.6. The van der Waals surface area contributed by atoms with Gasteiger partial charge in [0, 0.05) is 30.4 Å². The van der Waals surface area contributed by atoms with Crippen molar-refractivity contribution in [3.05, 3.63) is 130 Å². The Morgan fingerprint density at radius 2 is 1.49 bits per heavy atom. The van der Waals surface area contributed by atoms with Crippen molar-refractivity contribution in [3.8, 4) is 11.9 Å². The summed E-state index contributed by atoms with van der Waals surface area (Å²) in [6, 6.07) is 21.8. The zero-order valence-corrected chi connectivity index (χ0v) is 30.2. The summed E-state index contributed by atoms with van der Waals surface area (Å²) in [6.45, 7) is 4.64. The summed E-state index contributed by atoms with van der Waals surface area (Å²) >= 11 is 0. The first kappa shape index (κ1) is 38.7. The Morgan fingerprint density at radius 3 is 2.06 bits per heavy atom. The number of carbonyl (C=O) groups is 2. The maximum absolute atomic E-state index is 14.3. The number of ether oxygens (including phenoxy) is 2. The molecule has 0 bridgehead atoms. The van der Waals surface area contributed by atoms with E-state index in [1.807, 2.05) is 60.7 Å². The lowest BCUT2D eigenvalue weighted by Crippen LogP contribution is -2.37. The zero-order valence-electron chi connectivity index (χ0n) is 30.2. The highest BCUT2D eigenvalue weighted by Gasteiger charge is 2.29. The number of ketones is 1. The van der Waals surface area contributed by atoms with E-state index in [0.29, 0.717) is 37.1 Å². The fourth-order valence-corrected chi connectivity index (χ4v) is 6.45. The monoisotopic (exact) mass is 725 g/mol. The highest BCUT2D eigenvalue weighted by molar-refractivity contribution is 6.20. The summed E-state index contributed by atoms with van der Waals surface area (Å²) in [5, 5.41) is 11.9. The minimum absolute atomic E-state index is 0.00930. The average molecular weight is 726 g/mol.